The first-order valence-electron chi connectivity index (χ1n) is 3.66. The first-order chi connectivity index (χ1) is 4.38. The predicted molar refractivity (Wildman–Crippen MR) is 35.9 cm³/mol. The molecule has 3 atom stereocenters. The van der Waals surface area contributed by atoms with Crippen LogP contribution < -0.4 is 0 Å². The normalized spacial score (nSPS) is 47.0. The summed E-state index contributed by atoms with van der Waals surface area (Å²) in [6.07, 6.45) is 5.43. The van der Waals surface area contributed by atoms with Crippen LogP contribution in [0.3, 0.4) is 0 Å². The van der Waals surface area contributed by atoms with Gasteiger partial charge in [0.25, 0.3) is 0 Å². The molecule has 0 aromatic carbocycles. The topological polar surface area (TPSA) is 9.23 Å². The van der Waals surface area contributed by atoms with Crippen molar-refractivity contribution in [3.05, 3.63) is 12.3 Å². The van der Waals surface area contributed by atoms with Crippen molar-refractivity contribution in [3.63, 3.8) is 0 Å². The molecule has 0 aromatic rings. The van der Waals surface area contributed by atoms with E-state index in [2.05, 4.69) is 13.0 Å². The third-order valence-corrected chi connectivity index (χ3v) is 2.44. The standard InChI is InChI=1S/C8H12O/c1-6-2-3-9-5-7-4-8(6)7/h2-3,6-8H,4-5H2,1H3. The Labute approximate surface area is 55.7 Å². The highest BCUT2D eigenvalue weighted by Crippen LogP contribution is 2.46. The molecular weight excluding hydrogens is 112 g/mol. The summed E-state index contributed by atoms with van der Waals surface area (Å²) in [5.41, 5.74) is 0. The fraction of sp³-hybridized carbons (Fsp3) is 0.750. The van der Waals surface area contributed by atoms with Gasteiger partial charge >= 0.3 is 0 Å². The maximum Gasteiger partial charge on any atom is 0.0904 e. The van der Waals surface area contributed by atoms with Gasteiger partial charge < -0.3 is 4.74 Å². The Balaban J connectivity index is 2.07. The quantitative estimate of drug-likeness (QED) is 0.478. The van der Waals surface area contributed by atoms with Crippen LogP contribution in [0.4, 0.5) is 0 Å². The van der Waals surface area contributed by atoms with Gasteiger partial charge in [0.1, 0.15) is 0 Å². The minimum Gasteiger partial charge on any atom is -0.501 e. The average molecular weight is 124 g/mol. The zero-order valence-electron chi connectivity index (χ0n) is 5.71. The Morgan fingerprint density at radius 2 is 2.44 bits per heavy atom. The van der Waals surface area contributed by atoms with E-state index in [4.69, 9.17) is 4.74 Å². The summed E-state index contributed by atoms with van der Waals surface area (Å²) in [4.78, 5) is 0. The molecule has 1 saturated carbocycles. The van der Waals surface area contributed by atoms with Crippen molar-refractivity contribution in [1.29, 1.82) is 0 Å². The van der Waals surface area contributed by atoms with Gasteiger partial charge in [0, 0.05) is 0 Å². The first kappa shape index (κ1) is 5.33. The highest BCUT2D eigenvalue weighted by Gasteiger charge is 2.41. The molecule has 0 amide bonds. The highest BCUT2D eigenvalue weighted by atomic mass is 16.5. The number of hydrogen-bond donors (Lipinski definition) is 0. The van der Waals surface area contributed by atoms with E-state index in [0.717, 1.165) is 24.4 Å². The Bertz CT molecular complexity index is 140. The second-order valence-electron chi connectivity index (χ2n) is 3.18. The molecule has 1 nitrogen and oxygen atoms in total. The van der Waals surface area contributed by atoms with E-state index >= 15 is 0 Å². The molecular formula is C8H12O. The Morgan fingerprint density at radius 3 is 3.33 bits per heavy atom. The summed E-state index contributed by atoms with van der Waals surface area (Å²) >= 11 is 0. The molecule has 1 aliphatic carbocycles. The fourth-order valence-electron chi connectivity index (χ4n) is 1.61. The van der Waals surface area contributed by atoms with Crippen LogP contribution in [0.2, 0.25) is 0 Å². The van der Waals surface area contributed by atoms with Gasteiger partial charge in [-0.2, -0.15) is 0 Å². The van der Waals surface area contributed by atoms with Crippen LogP contribution in [0.15, 0.2) is 12.3 Å². The average Bonchev–Trinajstić information content (AvgIpc) is 2.55. The van der Waals surface area contributed by atoms with Crippen LogP contribution >= 0.6 is 0 Å². The van der Waals surface area contributed by atoms with Crippen LogP contribution in [-0.4, -0.2) is 6.61 Å². The zero-order chi connectivity index (χ0) is 6.27. The number of rotatable bonds is 0. The third kappa shape index (κ3) is 0.846. The lowest BCUT2D eigenvalue weighted by Gasteiger charge is -1.97. The molecule has 0 bridgehead atoms. The van der Waals surface area contributed by atoms with Crippen molar-refractivity contribution < 1.29 is 4.74 Å². The summed E-state index contributed by atoms with van der Waals surface area (Å²) < 4.78 is 5.24. The summed E-state index contributed by atoms with van der Waals surface area (Å²) in [5.74, 6) is 2.59. The summed E-state index contributed by atoms with van der Waals surface area (Å²) in [6.45, 7) is 3.24. The summed E-state index contributed by atoms with van der Waals surface area (Å²) in [7, 11) is 0. The fourth-order valence-corrected chi connectivity index (χ4v) is 1.61. The molecule has 0 spiro atoms. The number of fused-ring (bicyclic) bond motifs is 1. The molecule has 1 aliphatic heterocycles. The summed E-state index contributed by atoms with van der Waals surface area (Å²) in [5, 5.41) is 0. The molecule has 1 heteroatoms. The smallest absolute Gasteiger partial charge is 0.0904 e. The first-order valence-corrected chi connectivity index (χ1v) is 3.66. The maximum atomic E-state index is 5.24. The molecule has 3 unspecified atom stereocenters. The van der Waals surface area contributed by atoms with Gasteiger partial charge in [-0.25, -0.2) is 0 Å². The molecule has 0 radical (unpaired) electrons. The monoisotopic (exact) mass is 124 g/mol. The molecule has 50 valence electrons. The lowest BCUT2D eigenvalue weighted by atomic mass is 10.1. The third-order valence-electron chi connectivity index (χ3n) is 2.44. The van der Waals surface area contributed by atoms with Crippen molar-refractivity contribution in [3.8, 4) is 0 Å². The van der Waals surface area contributed by atoms with E-state index < -0.39 is 0 Å². The number of hydrogen-bond acceptors (Lipinski definition) is 1. The predicted octanol–water partition coefficient (Wildman–Crippen LogP) is 1.80. The largest absolute Gasteiger partial charge is 0.501 e. The van der Waals surface area contributed by atoms with Gasteiger partial charge in [-0.05, 0) is 30.3 Å². The van der Waals surface area contributed by atoms with Gasteiger partial charge in [0.15, 0.2) is 0 Å². The SMILES string of the molecule is CC1C=COCC2CC12. The van der Waals surface area contributed by atoms with Crippen LogP contribution in [-0.2, 0) is 4.74 Å². The molecule has 1 fully saturated rings. The summed E-state index contributed by atoms with van der Waals surface area (Å²) in [6, 6.07) is 0. The molecule has 1 heterocycles. The van der Waals surface area contributed by atoms with Crippen LogP contribution in [0.25, 0.3) is 0 Å². The molecule has 2 aliphatic rings. The van der Waals surface area contributed by atoms with E-state index in [-0.39, 0.29) is 0 Å². The van der Waals surface area contributed by atoms with Crippen LogP contribution in [0.1, 0.15) is 13.3 Å². The Hall–Kier alpha value is -0.460. The van der Waals surface area contributed by atoms with Gasteiger partial charge in [0.2, 0.25) is 0 Å². The number of ether oxygens (including phenoxy) is 1. The van der Waals surface area contributed by atoms with Crippen molar-refractivity contribution in [2.24, 2.45) is 17.8 Å². The second kappa shape index (κ2) is 1.76. The van der Waals surface area contributed by atoms with Gasteiger partial charge in [-0.3, -0.25) is 0 Å². The van der Waals surface area contributed by atoms with E-state index in [0.29, 0.717) is 0 Å². The van der Waals surface area contributed by atoms with Crippen LogP contribution in [0.5, 0.6) is 0 Å². The molecule has 9 heavy (non-hydrogen) atoms. The minimum absolute atomic E-state index is 0.762. The zero-order valence-corrected chi connectivity index (χ0v) is 5.71. The van der Waals surface area contributed by atoms with E-state index in [1.54, 1.807) is 0 Å². The Kier molecular flexibility index (Phi) is 1.04. The Morgan fingerprint density at radius 1 is 1.56 bits per heavy atom. The van der Waals surface area contributed by atoms with Gasteiger partial charge in [-0.15, -0.1) is 0 Å². The lowest BCUT2D eigenvalue weighted by Crippen LogP contribution is -1.94. The van der Waals surface area contributed by atoms with Crippen LogP contribution in [0, 0.1) is 17.8 Å². The van der Waals surface area contributed by atoms with Gasteiger partial charge in [0.05, 0.1) is 12.9 Å². The molecule has 0 aromatic heterocycles. The van der Waals surface area contributed by atoms with Crippen molar-refractivity contribution >= 4 is 0 Å². The number of allylic oxidation sites excluding steroid dienone is 1. The minimum atomic E-state index is 0.762. The van der Waals surface area contributed by atoms with E-state index in [1.165, 1.54) is 6.42 Å². The van der Waals surface area contributed by atoms with Crippen molar-refractivity contribution in [2.45, 2.75) is 13.3 Å². The van der Waals surface area contributed by atoms with Gasteiger partial charge in [-0.1, -0.05) is 6.92 Å². The van der Waals surface area contributed by atoms with Crippen molar-refractivity contribution in [1.82, 2.24) is 0 Å². The molecule has 2 rings (SSSR count). The molecule has 0 N–H and O–H groups in total. The second-order valence-corrected chi connectivity index (χ2v) is 3.18. The maximum absolute atomic E-state index is 5.24. The highest BCUT2D eigenvalue weighted by molar-refractivity contribution is 4.99. The van der Waals surface area contributed by atoms with E-state index in [9.17, 15) is 0 Å². The van der Waals surface area contributed by atoms with Crippen molar-refractivity contribution in [2.75, 3.05) is 6.61 Å². The lowest BCUT2D eigenvalue weighted by molar-refractivity contribution is 0.234. The molecule has 0 saturated heterocycles. The van der Waals surface area contributed by atoms with E-state index in [1.807, 2.05) is 6.26 Å².